The zero-order chi connectivity index (χ0) is 13.7. The van der Waals surface area contributed by atoms with Crippen molar-refractivity contribution in [2.24, 2.45) is 5.10 Å². The maximum absolute atomic E-state index is 10.7. The highest BCUT2D eigenvalue weighted by Crippen LogP contribution is 2.11. The lowest BCUT2D eigenvalue weighted by Crippen LogP contribution is -2.33. The second-order valence-corrected chi connectivity index (χ2v) is 4.61. The first-order chi connectivity index (χ1) is 9.19. The molecule has 0 radical (unpaired) electrons. The van der Waals surface area contributed by atoms with Gasteiger partial charge in [-0.15, -0.1) is 12.4 Å². The number of likely N-dealkylation sites (tertiary alicyclic amines) is 1. The minimum atomic E-state index is -0.912. The molecule has 1 fully saturated rings. The van der Waals surface area contributed by atoms with E-state index in [2.05, 4.69) is 22.4 Å². The number of carboxylic acids is 1. The van der Waals surface area contributed by atoms with Gasteiger partial charge in [-0.3, -0.25) is 5.43 Å². The van der Waals surface area contributed by atoms with Gasteiger partial charge in [0, 0.05) is 31.6 Å². The van der Waals surface area contributed by atoms with Crippen molar-refractivity contribution >= 4 is 29.8 Å². The van der Waals surface area contributed by atoms with Crippen molar-refractivity contribution in [3.63, 3.8) is 0 Å². The molecule has 1 aromatic rings. The van der Waals surface area contributed by atoms with Crippen LogP contribution in [-0.2, 0) is 0 Å². The van der Waals surface area contributed by atoms with Gasteiger partial charge in [0.15, 0.2) is 0 Å². The van der Waals surface area contributed by atoms with Gasteiger partial charge in [-0.1, -0.05) is 6.92 Å². The molecule has 0 atom stereocenters. The summed E-state index contributed by atoms with van der Waals surface area (Å²) >= 11 is 0. The van der Waals surface area contributed by atoms with Crippen molar-refractivity contribution in [1.82, 2.24) is 4.90 Å². The number of nitrogens with zero attached hydrogens (tertiary/aromatic N) is 2. The van der Waals surface area contributed by atoms with Crippen LogP contribution in [-0.4, -0.2) is 41.3 Å². The van der Waals surface area contributed by atoms with Crippen LogP contribution in [0.2, 0.25) is 0 Å². The van der Waals surface area contributed by atoms with Crippen molar-refractivity contribution in [2.45, 2.75) is 19.8 Å². The molecule has 2 N–H and O–H groups in total. The topological polar surface area (TPSA) is 64.9 Å². The Balaban J connectivity index is 0.00000200. The summed E-state index contributed by atoms with van der Waals surface area (Å²) in [7, 11) is 0. The fourth-order valence-corrected chi connectivity index (χ4v) is 2.07. The Hall–Kier alpha value is -1.59. The van der Waals surface area contributed by atoms with Crippen LogP contribution in [0, 0.1) is 0 Å². The number of hydrogen-bond acceptors (Lipinski definition) is 4. The highest BCUT2D eigenvalue weighted by atomic mass is 35.5. The molecule has 110 valence electrons. The highest BCUT2D eigenvalue weighted by Gasteiger charge is 2.12. The van der Waals surface area contributed by atoms with Gasteiger partial charge in [-0.25, -0.2) is 4.79 Å². The van der Waals surface area contributed by atoms with Crippen molar-refractivity contribution in [2.75, 3.05) is 25.1 Å². The molecule has 0 spiro atoms. The summed E-state index contributed by atoms with van der Waals surface area (Å²) in [5, 5.41) is 13.2. The smallest absolute Gasteiger partial charge is 0.335 e. The van der Waals surface area contributed by atoms with Crippen molar-refractivity contribution < 1.29 is 9.90 Å². The van der Waals surface area contributed by atoms with Gasteiger partial charge < -0.3 is 10.0 Å². The van der Waals surface area contributed by atoms with E-state index in [0.29, 0.717) is 0 Å². The fraction of sp³-hybridized carbons (Fsp3) is 0.429. The number of anilines is 1. The molecule has 0 saturated carbocycles. The van der Waals surface area contributed by atoms with Crippen LogP contribution >= 0.6 is 12.4 Å². The van der Waals surface area contributed by atoms with E-state index in [9.17, 15) is 4.79 Å². The molecule has 0 amide bonds. The summed E-state index contributed by atoms with van der Waals surface area (Å²) in [4.78, 5) is 13.1. The van der Waals surface area contributed by atoms with E-state index < -0.39 is 5.97 Å². The number of carbonyl (C=O) groups is 1. The molecule has 1 aliphatic rings. The third kappa shape index (κ3) is 4.51. The number of carboxylic acid groups (broad SMARTS) is 1. The number of piperidine rings is 1. The second kappa shape index (κ2) is 7.87. The Kier molecular flexibility index (Phi) is 6.48. The average molecular weight is 298 g/mol. The molecule has 6 heteroatoms. The molecule has 1 aliphatic heterocycles. The Morgan fingerprint density at radius 3 is 2.40 bits per heavy atom. The minimum absolute atomic E-state index is 0. The summed E-state index contributed by atoms with van der Waals surface area (Å²) in [6.45, 7) is 5.39. The van der Waals surface area contributed by atoms with Crippen molar-refractivity contribution in [3.8, 4) is 0 Å². The van der Waals surface area contributed by atoms with E-state index in [1.807, 2.05) is 0 Å². The predicted octanol–water partition coefficient (Wildman–Crippen LogP) is 2.69. The monoisotopic (exact) mass is 297 g/mol. The van der Waals surface area contributed by atoms with E-state index >= 15 is 0 Å². The number of hydrogen-bond donors (Lipinski definition) is 2. The lowest BCUT2D eigenvalue weighted by Gasteiger charge is -2.25. The van der Waals surface area contributed by atoms with Gasteiger partial charge in [-0.2, -0.15) is 5.10 Å². The van der Waals surface area contributed by atoms with Gasteiger partial charge in [0.2, 0.25) is 0 Å². The molecular formula is C14H20ClN3O2. The van der Waals surface area contributed by atoms with E-state index in [4.69, 9.17) is 5.11 Å². The molecular weight excluding hydrogens is 278 g/mol. The van der Waals surface area contributed by atoms with Crippen LogP contribution in [0.3, 0.4) is 0 Å². The van der Waals surface area contributed by atoms with Gasteiger partial charge in [0.25, 0.3) is 0 Å². The van der Waals surface area contributed by atoms with Crippen LogP contribution in [0.1, 0.15) is 30.1 Å². The third-order valence-electron chi connectivity index (χ3n) is 3.36. The standard InChI is InChI=1S/C14H19N3O2.ClH/c1-2-17-9-7-13(8-10-17)16-15-12-5-3-11(4-6-12)14(18)19;/h3-6,15H,2,7-10H2,1H3,(H,18,19);1H. The first-order valence-corrected chi connectivity index (χ1v) is 6.56. The Morgan fingerprint density at radius 2 is 1.90 bits per heavy atom. The van der Waals surface area contributed by atoms with Crippen molar-refractivity contribution in [1.29, 1.82) is 0 Å². The Labute approximate surface area is 125 Å². The van der Waals surface area contributed by atoms with E-state index in [0.717, 1.165) is 38.2 Å². The molecule has 0 aliphatic carbocycles. The van der Waals surface area contributed by atoms with Gasteiger partial charge in [-0.05, 0) is 30.8 Å². The number of nitrogens with one attached hydrogen (secondary N) is 1. The van der Waals surface area contributed by atoms with Crippen LogP contribution in [0.5, 0.6) is 0 Å². The SMILES string of the molecule is CCN1CCC(=NNc2ccc(C(=O)O)cc2)CC1.Cl. The van der Waals surface area contributed by atoms with Crippen LogP contribution in [0.15, 0.2) is 29.4 Å². The number of halogens is 1. The number of benzene rings is 1. The zero-order valence-electron chi connectivity index (χ0n) is 11.5. The molecule has 0 bridgehead atoms. The zero-order valence-corrected chi connectivity index (χ0v) is 12.3. The van der Waals surface area contributed by atoms with Gasteiger partial charge in [0.05, 0.1) is 11.3 Å². The normalized spacial score (nSPS) is 15.3. The lowest BCUT2D eigenvalue weighted by atomic mass is 10.1. The molecule has 1 heterocycles. The Bertz CT molecular complexity index is 464. The van der Waals surface area contributed by atoms with E-state index in [1.165, 1.54) is 5.71 Å². The first-order valence-electron chi connectivity index (χ1n) is 6.56. The molecule has 2 rings (SSSR count). The number of rotatable bonds is 4. The average Bonchev–Trinajstić information content (AvgIpc) is 2.46. The molecule has 0 aromatic heterocycles. The lowest BCUT2D eigenvalue weighted by molar-refractivity contribution is 0.0697. The van der Waals surface area contributed by atoms with Gasteiger partial charge >= 0.3 is 5.97 Å². The minimum Gasteiger partial charge on any atom is -0.478 e. The van der Waals surface area contributed by atoms with Gasteiger partial charge in [0.1, 0.15) is 0 Å². The molecule has 0 unspecified atom stereocenters. The molecule has 5 nitrogen and oxygen atoms in total. The second-order valence-electron chi connectivity index (χ2n) is 4.61. The van der Waals surface area contributed by atoms with Crippen molar-refractivity contribution in [3.05, 3.63) is 29.8 Å². The Morgan fingerprint density at radius 1 is 1.30 bits per heavy atom. The summed E-state index contributed by atoms with van der Waals surface area (Å²) < 4.78 is 0. The summed E-state index contributed by atoms with van der Waals surface area (Å²) in [6.07, 6.45) is 1.99. The summed E-state index contributed by atoms with van der Waals surface area (Å²) in [5.74, 6) is -0.912. The quantitative estimate of drug-likeness (QED) is 0.839. The molecule has 1 saturated heterocycles. The first kappa shape index (κ1) is 16.5. The third-order valence-corrected chi connectivity index (χ3v) is 3.36. The van der Waals surface area contributed by atoms with Crippen LogP contribution < -0.4 is 5.43 Å². The largest absolute Gasteiger partial charge is 0.478 e. The number of hydrazone groups is 1. The van der Waals surface area contributed by atoms with E-state index in [-0.39, 0.29) is 18.0 Å². The highest BCUT2D eigenvalue weighted by molar-refractivity contribution is 5.88. The maximum Gasteiger partial charge on any atom is 0.335 e. The number of aromatic carboxylic acids is 1. The van der Waals surface area contributed by atoms with Crippen LogP contribution in [0.4, 0.5) is 5.69 Å². The van der Waals surface area contributed by atoms with Crippen LogP contribution in [0.25, 0.3) is 0 Å². The summed E-state index contributed by atoms with van der Waals surface area (Å²) in [5.41, 5.74) is 5.26. The fourth-order valence-electron chi connectivity index (χ4n) is 2.07. The molecule has 20 heavy (non-hydrogen) atoms. The van der Waals surface area contributed by atoms with E-state index in [1.54, 1.807) is 24.3 Å². The predicted molar refractivity (Wildman–Crippen MR) is 83.1 cm³/mol. The summed E-state index contributed by atoms with van der Waals surface area (Å²) in [6, 6.07) is 6.61. The maximum atomic E-state index is 10.7. The molecule has 1 aromatic carbocycles.